The van der Waals surface area contributed by atoms with Crippen LogP contribution in [0.3, 0.4) is 0 Å². The van der Waals surface area contributed by atoms with Crippen LogP contribution in [0.1, 0.15) is 23.7 Å². The third kappa shape index (κ3) is 7.11. The molecule has 0 aromatic carbocycles. The Labute approximate surface area is 161 Å². The Hall–Kier alpha value is -0.110. The van der Waals surface area contributed by atoms with E-state index in [1.54, 1.807) is 11.3 Å². The zero-order valence-electron chi connectivity index (χ0n) is 13.7. The summed E-state index contributed by atoms with van der Waals surface area (Å²) in [5.41, 5.74) is 5.81. The SMILES string of the molecule is Cc1ncc(CN2CCN(C(=O)C(C)C(C)N)CC2)s1.Cl.Cl.Cl. The number of halogens is 3. The largest absolute Gasteiger partial charge is 0.340 e. The quantitative estimate of drug-likeness (QED) is 0.835. The first kappa shape index (κ1) is 25.1. The number of nitrogens with two attached hydrogens (primary N) is 1. The first-order valence-electron chi connectivity index (χ1n) is 7.15. The summed E-state index contributed by atoms with van der Waals surface area (Å²) in [6.45, 7) is 10.2. The van der Waals surface area contributed by atoms with E-state index < -0.39 is 0 Å². The smallest absolute Gasteiger partial charge is 0.227 e. The summed E-state index contributed by atoms with van der Waals surface area (Å²) < 4.78 is 0. The van der Waals surface area contributed by atoms with Gasteiger partial charge in [0.2, 0.25) is 5.91 Å². The summed E-state index contributed by atoms with van der Waals surface area (Å²) in [6, 6.07) is -0.0827. The molecule has 1 aromatic rings. The predicted octanol–water partition coefficient (Wildman–Crippen LogP) is 2.34. The van der Waals surface area contributed by atoms with E-state index in [-0.39, 0.29) is 55.1 Å². The van der Waals surface area contributed by atoms with Crippen LogP contribution in [-0.2, 0) is 11.3 Å². The van der Waals surface area contributed by atoms with Crippen LogP contribution in [0.5, 0.6) is 0 Å². The van der Waals surface area contributed by atoms with Crippen molar-refractivity contribution in [2.45, 2.75) is 33.4 Å². The molecule has 1 fully saturated rings. The van der Waals surface area contributed by atoms with Gasteiger partial charge in [-0.2, -0.15) is 0 Å². The van der Waals surface area contributed by atoms with Crippen LogP contribution in [0.15, 0.2) is 6.20 Å². The Kier molecular flexibility index (Phi) is 12.5. The highest BCUT2D eigenvalue weighted by molar-refractivity contribution is 7.11. The van der Waals surface area contributed by atoms with Crippen molar-refractivity contribution in [2.24, 2.45) is 11.7 Å². The van der Waals surface area contributed by atoms with E-state index in [2.05, 4.69) is 9.88 Å². The molecular weight excluding hydrogens is 379 g/mol. The molecule has 1 aromatic heterocycles. The summed E-state index contributed by atoms with van der Waals surface area (Å²) in [7, 11) is 0. The third-order valence-corrected chi connectivity index (χ3v) is 4.81. The summed E-state index contributed by atoms with van der Waals surface area (Å²) in [6.07, 6.45) is 1.95. The minimum absolute atomic E-state index is 0. The average molecular weight is 406 g/mol. The van der Waals surface area contributed by atoms with Gasteiger partial charge in [-0.25, -0.2) is 4.98 Å². The number of nitrogens with zero attached hydrogens (tertiary/aromatic N) is 3. The van der Waals surface area contributed by atoms with Gasteiger partial charge in [-0.05, 0) is 13.8 Å². The lowest BCUT2D eigenvalue weighted by molar-refractivity contribution is -0.137. The maximum absolute atomic E-state index is 12.2. The second-order valence-corrected chi connectivity index (χ2v) is 6.91. The highest BCUT2D eigenvalue weighted by Gasteiger charge is 2.26. The monoisotopic (exact) mass is 404 g/mol. The zero-order valence-corrected chi connectivity index (χ0v) is 17.0. The highest BCUT2D eigenvalue weighted by atomic mass is 35.5. The molecule has 0 bridgehead atoms. The maximum Gasteiger partial charge on any atom is 0.227 e. The topological polar surface area (TPSA) is 62.5 Å². The van der Waals surface area contributed by atoms with E-state index in [9.17, 15) is 4.79 Å². The molecule has 5 nitrogen and oxygen atoms in total. The van der Waals surface area contributed by atoms with Crippen molar-refractivity contribution in [2.75, 3.05) is 26.2 Å². The molecule has 2 N–H and O–H groups in total. The molecule has 0 spiro atoms. The fourth-order valence-electron chi connectivity index (χ4n) is 2.34. The minimum atomic E-state index is -0.0919. The number of hydrogen-bond acceptors (Lipinski definition) is 5. The third-order valence-electron chi connectivity index (χ3n) is 3.91. The molecule has 1 amide bonds. The summed E-state index contributed by atoms with van der Waals surface area (Å²) in [4.78, 5) is 22.1. The number of thiazole rings is 1. The lowest BCUT2D eigenvalue weighted by Gasteiger charge is -2.36. The minimum Gasteiger partial charge on any atom is -0.340 e. The lowest BCUT2D eigenvalue weighted by atomic mass is 10.0. The second kappa shape index (κ2) is 11.4. The van der Waals surface area contributed by atoms with Crippen molar-refractivity contribution in [3.05, 3.63) is 16.1 Å². The molecule has 2 unspecified atom stereocenters. The summed E-state index contributed by atoms with van der Waals surface area (Å²) >= 11 is 1.75. The van der Waals surface area contributed by atoms with E-state index >= 15 is 0 Å². The van der Waals surface area contributed by atoms with Crippen LogP contribution in [0, 0.1) is 12.8 Å². The number of carbonyl (C=O) groups is 1. The molecule has 23 heavy (non-hydrogen) atoms. The normalized spacial score (nSPS) is 17.3. The molecule has 2 rings (SSSR count). The van der Waals surface area contributed by atoms with Crippen LogP contribution in [-0.4, -0.2) is 52.9 Å². The van der Waals surface area contributed by atoms with Gasteiger partial charge in [0.1, 0.15) is 0 Å². The molecule has 2 atom stereocenters. The molecule has 9 heteroatoms. The molecule has 0 saturated carbocycles. The Morgan fingerprint density at radius 3 is 2.26 bits per heavy atom. The van der Waals surface area contributed by atoms with Crippen molar-refractivity contribution in [3.8, 4) is 0 Å². The van der Waals surface area contributed by atoms with Crippen molar-refractivity contribution in [1.29, 1.82) is 0 Å². The van der Waals surface area contributed by atoms with E-state index in [4.69, 9.17) is 5.73 Å². The maximum atomic E-state index is 12.2. The average Bonchev–Trinajstić information content (AvgIpc) is 2.83. The van der Waals surface area contributed by atoms with Crippen LogP contribution >= 0.6 is 48.6 Å². The molecule has 0 radical (unpaired) electrons. The van der Waals surface area contributed by atoms with E-state index in [1.807, 2.05) is 31.9 Å². The van der Waals surface area contributed by atoms with E-state index in [0.717, 1.165) is 37.7 Å². The van der Waals surface area contributed by atoms with E-state index in [1.165, 1.54) is 4.88 Å². The van der Waals surface area contributed by atoms with Crippen LogP contribution < -0.4 is 5.73 Å². The van der Waals surface area contributed by atoms with Gasteiger partial charge < -0.3 is 10.6 Å². The van der Waals surface area contributed by atoms with Crippen molar-refractivity contribution >= 4 is 54.5 Å². The first-order chi connectivity index (χ1) is 9.47. The highest BCUT2D eigenvalue weighted by Crippen LogP contribution is 2.16. The Bertz CT molecular complexity index is 465. The van der Waals surface area contributed by atoms with Gasteiger partial charge in [0, 0.05) is 49.8 Å². The summed E-state index contributed by atoms with van der Waals surface area (Å²) in [5.74, 6) is 0.0963. The standard InChI is InChI=1S/C14H24N4OS.3ClH/c1-10(11(2)15)14(19)18-6-4-17(5-7-18)9-13-8-16-12(3)20-13;;;/h8,10-11H,4-7,9,15H2,1-3H3;3*1H. The van der Waals surface area contributed by atoms with Gasteiger partial charge >= 0.3 is 0 Å². The zero-order chi connectivity index (χ0) is 14.7. The molecule has 0 aliphatic carbocycles. The number of rotatable bonds is 4. The molecule has 2 heterocycles. The first-order valence-corrected chi connectivity index (χ1v) is 7.97. The van der Waals surface area contributed by atoms with Crippen molar-refractivity contribution < 1.29 is 4.79 Å². The van der Waals surface area contributed by atoms with Crippen molar-refractivity contribution in [3.63, 3.8) is 0 Å². The van der Waals surface area contributed by atoms with Crippen LogP contribution in [0.25, 0.3) is 0 Å². The van der Waals surface area contributed by atoms with Gasteiger partial charge in [0.25, 0.3) is 0 Å². The van der Waals surface area contributed by atoms with Gasteiger partial charge in [-0.3, -0.25) is 9.69 Å². The van der Waals surface area contributed by atoms with Crippen molar-refractivity contribution in [1.82, 2.24) is 14.8 Å². The molecular formula is C14H27Cl3N4OS. The van der Waals surface area contributed by atoms with Crippen LogP contribution in [0.2, 0.25) is 0 Å². The van der Waals surface area contributed by atoms with Gasteiger partial charge in [-0.1, -0.05) is 6.92 Å². The fourth-order valence-corrected chi connectivity index (χ4v) is 3.18. The molecule has 1 aliphatic rings. The van der Waals surface area contributed by atoms with E-state index in [0.29, 0.717) is 0 Å². The Balaban J connectivity index is 0. The van der Waals surface area contributed by atoms with Gasteiger partial charge in [0.15, 0.2) is 0 Å². The van der Waals surface area contributed by atoms with Gasteiger partial charge in [-0.15, -0.1) is 48.6 Å². The lowest BCUT2D eigenvalue weighted by Crippen LogP contribution is -2.51. The summed E-state index contributed by atoms with van der Waals surface area (Å²) in [5, 5.41) is 1.11. The number of aryl methyl sites for hydroxylation is 1. The number of piperazine rings is 1. The Morgan fingerprint density at radius 2 is 1.83 bits per heavy atom. The molecule has 1 saturated heterocycles. The predicted molar refractivity (Wildman–Crippen MR) is 103 cm³/mol. The molecule has 1 aliphatic heterocycles. The second-order valence-electron chi connectivity index (χ2n) is 5.59. The number of hydrogen-bond donors (Lipinski definition) is 1. The number of aromatic nitrogens is 1. The number of carbonyl (C=O) groups excluding carboxylic acids is 1. The molecule has 136 valence electrons. The van der Waals surface area contributed by atoms with Gasteiger partial charge in [0.05, 0.1) is 10.9 Å². The fraction of sp³-hybridized carbons (Fsp3) is 0.714. The van der Waals surface area contributed by atoms with Crippen LogP contribution in [0.4, 0.5) is 0 Å². The Morgan fingerprint density at radius 1 is 1.26 bits per heavy atom. The number of amides is 1.